The summed E-state index contributed by atoms with van der Waals surface area (Å²) in [6.07, 6.45) is 4.96. The molecule has 1 N–H and O–H groups in total. The van der Waals surface area contributed by atoms with Gasteiger partial charge in [-0.2, -0.15) is 0 Å². The zero-order valence-electron chi connectivity index (χ0n) is 8.03. The summed E-state index contributed by atoms with van der Waals surface area (Å²) in [6, 6.07) is 0. The summed E-state index contributed by atoms with van der Waals surface area (Å²) in [4.78, 5) is 18.9. The van der Waals surface area contributed by atoms with Crippen LogP contribution in [-0.2, 0) is 0 Å². The molecule has 0 radical (unpaired) electrons. The van der Waals surface area contributed by atoms with Gasteiger partial charge in [-0.3, -0.25) is 0 Å². The van der Waals surface area contributed by atoms with Crippen LogP contribution >= 0.6 is 0 Å². The summed E-state index contributed by atoms with van der Waals surface area (Å²) < 4.78 is 0. The van der Waals surface area contributed by atoms with Gasteiger partial charge in [0.05, 0.1) is 0 Å². The fraction of sp³-hybridized carbons (Fsp3) is 0.500. The van der Waals surface area contributed by atoms with Gasteiger partial charge in [0.2, 0.25) is 0 Å². The molecule has 0 saturated heterocycles. The maximum Gasteiger partial charge on any atom is 0.354 e. The van der Waals surface area contributed by atoms with Gasteiger partial charge in [0.25, 0.3) is 0 Å². The Hall–Kier alpha value is -1.45. The molecule has 4 heteroatoms. The summed E-state index contributed by atoms with van der Waals surface area (Å²) in [5.41, 5.74) is 0.983. The predicted octanol–water partition coefficient (Wildman–Crippen LogP) is 1.75. The molecule has 0 spiro atoms. The molecule has 74 valence electrons. The van der Waals surface area contributed by atoms with E-state index in [2.05, 4.69) is 9.97 Å². The molecule has 1 fully saturated rings. The highest BCUT2D eigenvalue weighted by molar-refractivity contribution is 5.87. The molecule has 1 aliphatic carbocycles. The molecular weight excluding hydrogens is 180 g/mol. The minimum absolute atomic E-state index is 0.183. The summed E-state index contributed by atoms with van der Waals surface area (Å²) in [5.74, 6) is -0.0652. The monoisotopic (exact) mass is 192 g/mol. The van der Waals surface area contributed by atoms with Crippen LogP contribution in [0.5, 0.6) is 0 Å². The first-order valence-corrected chi connectivity index (χ1v) is 4.75. The molecule has 1 heterocycles. The number of carboxylic acids is 1. The van der Waals surface area contributed by atoms with Gasteiger partial charge in [-0.1, -0.05) is 6.42 Å². The average Bonchev–Trinajstić information content (AvgIpc) is 2.04. The lowest BCUT2D eigenvalue weighted by Gasteiger charge is -2.26. The smallest absolute Gasteiger partial charge is 0.354 e. The van der Waals surface area contributed by atoms with Crippen molar-refractivity contribution in [2.75, 3.05) is 0 Å². The zero-order valence-corrected chi connectivity index (χ0v) is 8.03. The van der Waals surface area contributed by atoms with Gasteiger partial charge in [0, 0.05) is 11.8 Å². The molecule has 0 aliphatic heterocycles. The van der Waals surface area contributed by atoms with Crippen molar-refractivity contribution in [2.24, 2.45) is 0 Å². The summed E-state index contributed by atoms with van der Waals surface area (Å²) in [6.45, 7) is 1.71. The first-order chi connectivity index (χ1) is 6.68. The molecule has 14 heavy (non-hydrogen) atoms. The predicted molar refractivity (Wildman–Crippen MR) is 50.3 cm³/mol. The number of aromatic nitrogens is 2. The normalized spacial score (nSPS) is 16.4. The van der Waals surface area contributed by atoms with Gasteiger partial charge in [-0.25, -0.2) is 14.8 Å². The van der Waals surface area contributed by atoms with E-state index < -0.39 is 5.97 Å². The van der Waals surface area contributed by atoms with Crippen LogP contribution in [0.3, 0.4) is 0 Å². The van der Waals surface area contributed by atoms with Crippen molar-refractivity contribution in [2.45, 2.75) is 32.1 Å². The van der Waals surface area contributed by atoms with Crippen molar-refractivity contribution in [3.05, 3.63) is 23.3 Å². The Morgan fingerprint density at radius 2 is 2.29 bits per heavy atom. The lowest BCUT2D eigenvalue weighted by atomic mass is 9.80. The van der Waals surface area contributed by atoms with Gasteiger partial charge in [0.15, 0.2) is 5.69 Å². The molecule has 0 amide bonds. The molecular formula is C10H12N2O2. The Balaban J connectivity index is 2.41. The van der Waals surface area contributed by atoms with Crippen LogP contribution in [-0.4, -0.2) is 21.0 Å². The van der Waals surface area contributed by atoms with E-state index in [1.54, 1.807) is 13.1 Å². The van der Waals surface area contributed by atoms with E-state index in [4.69, 9.17) is 5.11 Å². The number of rotatable bonds is 2. The second-order valence-electron chi connectivity index (χ2n) is 3.65. The van der Waals surface area contributed by atoms with Crippen LogP contribution in [0.4, 0.5) is 0 Å². The Labute approximate surface area is 82.0 Å². The fourth-order valence-electron chi connectivity index (χ4n) is 1.67. The number of aryl methyl sites for hydroxylation is 1. The third kappa shape index (κ3) is 1.47. The van der Waals surface area contributed by atoms with Crippen molar-refractivity contribution < 1.29 is 9.90 Å². The molecule has 1 aromatic heterocycles. The summed E-state index contributed by atoms with van der Waals surface area (Å²) >= 11 is 0. The number of nitrogens with zero attached hydrogens (tertiary/aromatic N) is 2. The van der Waals surface area contributed by atoms with E-state index in [9.17, 15) is 4.79 Å². The molecule has 0 aromatic carbocycles. The standard InChI is InChI=1S/C10H12N2O2/c1-6-11-5-8(7-3-2-4-7)9(12-6)10(13)14/h5,7H,2-4H2,1H3,(H,13,14). The third-order valence-corrected chi connectivity index (χ3v) is 2.69. The molecule has 1 aromatic rings. The molecule has 1 saturated carbocycles. The molecule has 1 aliphatic rings. The minimum Gasteiger partial charge on any atom is -0.477 e. The number of carbonyl (C=O) groups is 1. The van der Waals surface area contributed by atoms with Crippen LogP contribution in [0.25, 0.3) is 0 Å². The van der Waals surface area contributed by atoms with Gasteiger partial charge >= 0.3 is 5.97 Å². The Bertz CT molecular complexity index is 372. The molecule has 0 bridgehead atoms. The van der Waals surface area contributed by atoms with E-state index in [0.717, 1.165) is 18.4 Å². The SMILES string of the molecule is Cc1ncc(C2CCC2)c(C(=O)O)n1. The van der Waals surface area contributed by atoms with Crippen LogP contribution in [0.15, 0.2) is 6.20 Å². The highest BCUT2D eigenvalue weighted by Crippen LogP contribution is 2.37. The topological polar surface area (TPSA) is 63.1 Å². The van der Waals surface area contributed by atoms with E-state index in [1.165, 1.54) is 6.42 Å². The number of hydrogen-bond donors (Lipinski definition) is 1. The Morgan fingerprint density at radius 3 is 2.79 bits per heavy atom. The number of aromatic carboxylic acids is 1. The van der Waals surface area contributed by atoms with Crippen molar-refractivity contribution in [3.63, 3.8) is 0 Å². The van der Waals surface area contributed by atoms with Crippen LogP contribution in [0.2, 0.25) is 0 Å². The number of carboxylic acid groups (broad SMARTS) is 1. The first-order valence-electron chi connectivity index (χ1n) is 4.75. The van der Waals surface area contributed by atoms with Crippen molar-refractivity contribution in [1.82, 2.24) is 9.97 Å². The van der Waals surface area contributed by atoms with Crippen molar-refractivity contribution >= 4 is 5.97 Å². The van der Waals surface area contributed by atoms with E-state index in [-0.39, 0.29) is 5.69 Å². The molecule has 0 unspecified atom stereocenters. The maximum absolute atomic E-state index is 10.9. The van der Waals surface area contributed by atoms with E-state index in [0.29, 0.717) is 11.7 Å². The maximum atomic E-state index is 10.9. The third-order valence-electron chi connectivity index (χ3n) is 2.69. The summed E-state index contributed by atoms with van der Waals surface area (Å²) in [7, 11) is 0. The van der Waals surface area contributed by atoms with Gasteiger partial charge in [0.1, 0.15) is 5.82 Å². The van der Waals surface area contributed by atoms with Crippen LogP contribution in [0, 0.1) is 6.92 Å². The lowest BCUT2D eigenvalue weighted by Crippen LogP contribution is -2.16. The van der Waals surface area contributed by atoms with E-state index in [1.807, 2.05) is 0 Å². The fourth-order valence-corrected chi connectivity index (χ4v) is 1.67. The zero-order chi connectivity index (χ0) is 10.1. The van der Waals surface area contributed by atoms with E-state index >= 15 is 0 Å². The molecule has 2 rings (SSSR count). The van der Waals surface area contributed by atoms with Crippen molar-refractivity contribution in [3.8, 4) is 0 Å². The largest absolute Gasteiger partial charge is 0.477 e. The Kier molecular flexibility index (Phi) is 2.19. The van der Waals surface area contributed by atoms with Crippen LogP contribution in [0.1, 0.15) is 47.1 Å². The highest BCUT2D eigenvalue weighted by atomic mass is 16.4. The second kappa shape index (κ2) is 3.36. The molecule has 4 nitrogen and oxygen atoms in total. The van der Waals surface area contributed by atoms with Gasteiger partial charge in [-0.05, 0) is 25.7 Å². The number of hydrogen-bond acceptors (Lipinski definition) is 3. The molecule has 0 atom stereocenters. The van der Waals surface area contributed by atoms with Crippen LogP contribution < -0.4 is 0 Å². The Morgan fingerprint density at radius 1 is 1.57 bits per heavy atom. The average molecular weight is 192 g/mol. The highest BCUT2D eigenvalue weighted by Gasteiger charge is 2.25. The lowest BCUT2D eigenvalue weighted by molar-refractivity contribution is 0.0687. The first kappa shape index (κ1) is 9.12. The quantitative estimate of drug-likeness (QED) is 0.775. The van der Waals surface area contributed by atoms with Gasteiger partial charge in [-0.15, -0.1) is 0 Å². The summed E-state index contributed by atoms with van der Waals surface area (Å²) in [5, 5.41) is 8.97. The minimum atomic E-state index is -0.947. The van der Waals surface area contributed by atoms with Gasteiger partial charge < -0.3 is 5.11 Å². The van der Waals surface area contributed by atoms with Crippen molar-refractivity contribution in [1.29, 1.82) is 0 Å². The second-order valence-corrected chi connectivity index (χ2v) is 3.65.